The van der Waals surface area contributed by atoms with Crippen LogP contribution in [0.3, 0.4) is 0 Å². The number of hydrogen-bond acceptors (Lipinski definition) is 8. The van der Waals surface area contributed by atoms with Gasteiger partial charge in [-0.05, 0) is 62.2 Å². The minimum absolute atomic E-state index is 0.277. The van der Waals surface area contributed by atoms with E-state index in [0.717, 1.165) is 5.69 Å². The average Bonchev–Trinajstić information content (AvgIpc) is 3.67. The van der Waals surface area contributed by atoms with E-state index in [0.29, 0.717) is 64.9 Å². The minimum Gasteiger partial charge on any atom is -0.488 e. The van der Waals surface area contributed by atoms with Crippen LogP contribution < -0.4 is 14.8 Å². The van der Waals surface area contributed by atoms with Crippen molar-refractivity contribution in [1.29, 1.82) is 0 Å². The number of likely N-dealkylation sites (N-methyl/N-ethyl adjacent to an activating group) is 1. The zero-order valence-corrected chi connectivity index (χ0v) is 21.9. The number of benzene rings is 2. The van der Waals surface area contributed by atoms with Gasteiger partial charge in [-0.15, -0.1) is 0 Å². The molecule has 0 saturated heterocycles. The van der Waals surface area contributed by atoms with Crippen LogP contribution in [0.15, 0.2) is 67.1 Å². The lowest BCUT2D eigenvalue weighted by molar-refractivity contribution is -0.142. The van der Waals surface area contributed by atoms with Gasteiger partial charge in [0.15, 0.2) is 0 Å². The lowest BCUT2D eigenvalue weighted by atomic mass is 10.2. The van der Waals surface area contributed by atoms with Crippen LogP contribution in [0, 0.1) is 0 Å². The number of anilines is 2. The van der Waals surface area contributed by atoms with Gasteiger partial charge in [-0.2, -0.15) is 0 Å². The molecule has 10 heteroatoms. The Morgan fingerprint density at radius 1 is 1.13 bits per heavy atom. The van der Waals surface area contributed by atoms with Gasteiger partial charge in [0.2, 0.25) is 0 Å². The molecular formula is C28H28ClN5O4. The van der Waals surface area contributed by atoms with Crippen LogP contribution in [0.25, 0.3) is 10.9 Å². The van der Waals surface area contributed by atoms with E-state index >= 15 is 0 Å². The van der Waals surface area contributed by atoms with Gasteiger partial charge in [-0.25, -0.2) is 9.97 Å². The van der Waals surface area contributed by atoms with E-state index in [-0.39, 0.29) is 12.0 Å². The highest BCUT2D eigenvalue weighted by Crippen LogP contribution is 2.37. The molecule has 1 saturated carbocycles. The third-order valence-corrected chi connectivity index (χ3v) is 6.54. The number of rotatable bonds is 10. The summed E-state index contributed by atoms with van der Waals surface area (Å²) in [6, 6.07) is 16.6. The Balaban J connectivity index is 1.31. The van der Waals surface area contributed by atoms with Crippen molar-refractivity contribution in [3.05, 3.63) is 77.8 Å². The van der Waals surface area contributed by atoms with Gasteiger partial charge in [0.1, 0.15) is 42.0 Å². The van der Waals surface area contributed by atoms with Crippen molar-refractivity contribution in [3.8, 4) is 11.5 Å². The molecule has 2 heterocycles. The first-order chi connectivity index (χ1) is 18.3. The standard InChI is InChI=1S/C28H28ClN5O4/c1-18(15-34(2)27(35)28(36)11-12-28)38-24-8-5-7-22-25(24)26(32-17-31-22)33-19-9-10-23(21(29)14-19)37-16-20-6-3-4-13-30-20/h3-10,13-14,17-18,36H,11-12,15-16H2,1-2H3,(H,31,32,33)/t18-/m1/s1. The molecule has 4 aromatic rings. The largest absolute Gasteiger partial charge is 0.488 e. The molecule has 9 nitrogen and oxygen atoms in total. The molecule has 1 aliphatic carbocycles. The number of aromatic nitrogens is 3. The van der Waals surface area contributed by atoms with Gasteiger partial charge in [0.05, 0.1) is 28.2 Å². The van der Waals surface area contributed by atoms with Crippen LogP contribution in [0.4, 0.5) is 11.5 Å². The highest BCUT2D eigenvalue weighted by Gasteiger charge is 2.49. The second-order valence-electron chi connectivity index (χ2n) is 9.40. The fourth-order valence-electron chi connectivity index (χ4n) is 4.15. The predicted molar refractivity (Wildman–Crippen MR) is 145 cm³/mol. The Kier molecular flexibility index (Phi) is 7.31. The minimum atomic E-state index is -1.21. The number of carbonyl (C=O) groups is 1. The van der Waals surface area contributed by atoms with Crippen LogP contribution in [-0.2, 0) is 11.4 Å². The second kappa shape index (κ2) is 10.8. The number of fused-ring (bicyclic) bond motifs is 1. The summed E-state index contributed by atoms with van der Waals surface area (Å²) in [5.41, 5.74) is 1.01. The van der Waals surface area contributed by atoms with Gasteiger partial charge in [-0.3, -0.25) is 9.78 Å². The second-order valence-corrected chi connectivity index (χ2v) is 9.81. The summed E-state index contributed by atoms with van der Waals surface area (Å²) in [6.07, 6.45) is 3.86. The summed E-state index contributed by atoms with van der Waals surface area (Å²) >= 11 is 6.50. The van der Waals surface area contributed by atoms with Crippen molar-refractivity contribution >= 4 is 39.9 Å². The quantitative estimate of drug-likeness (QED) is 0.300. The number of aliphatic hydroxyl groups is 1. The SMILES string of the molecule is C[C@H](CN(C)C(=O)C1(O)CC1)Oc1cccc2ncnc(Nc3ccc(OCc4ccccn4)c(Cl)c3)c12. The maximum Gasteiger partial charge on any atom is 0.254 e. The summed E-state index contributed by atoms with van der Waals surface area (Å²) in [4.78, 5) is 27.0. The Morgan fingerprint density at radius 3 is 2.71 bits per heavy atom. The molecule has 2 aromatic carbocycles. The van der Waals surface area contributed by atoms with E-state index in [4.69, 9.17) is 21.1 Å². The first-order valence-corrected chi connectivity index (χ1v) is 12.7. The monoisotopic (exact) mass is 533 g/mol. The first kappa shape index (κ1) is 25.7. The maximum absolute atomic E-state index is 12.4. The van der Waals surface area contributed by atoms with Crippen LogP contribution >= 0.6 is 11.6 Å². The molecule has 0 unspecified atom stereocenters. The number of amides is 1. The number of pyridine rings is 1. The average molecular weight is 534 g/mol. The Labute approximate surface area is 225 Å². The third-order valence-electron chi connectivity index (χ3n) is 6.25. The Morgan fingerprint density at radius 2 is 1.97 bits per heavy atom. The van der Waals surface area contributed by atoms with Crippen LogP contribution in [0.1, 0.15) is 25.5 Å². The van der Waals surface area contributed by atoms with Crippen molar-refractivity contribution in [2.75, 3.05) is 18.9 Å². The van der Waals surface area contributed by atoms with E-state index in [2.05, 4.69) is 20.3 Å². The number of ether oxygens (including phenoxy) is 2. The lowest BCUT2D eigenvalue weighted by Crippen LogP contribution is -2.42. The van der Waals surface area contributed by atoms with Crippen molar-refractivity contribution in [3.63, 3.8) is 0 Å². The highest BCUT2D eigenvalue weighted by atomic mass is 35.5. The molecule has 1 amide bonds. The molecule has 0 aliphatic heterocycles. The lowest BCUT2D eigenvalue weighted by Gasteiger charge is -2.25. The molecule has 196 valence electrons. The maximum atomic E-state index is 12.4. The van der Waals surface area contributed by atoms with E-state index < -0.39 is 5.60 Å². The molecule has 0 bridgehead atoms. The topological polar surface area (TPSA) is 110 Å². The van der Waals surface area contributed by atoms with Gasteiger partial charge in [0, 0.05) is 18.9 Å². The fraction of sp³-hybridized carbons (Fsp3) is 0.286. The smallest absolute Gasteiger partial charge is 0.254 e. The number of carbonyl (C=O) groups excluding carboxylic acids is 1. The molecule has 0 radical (unpaired) electrons. The number of nitrogens with zero attached hydrogens (tertiary/aromatic N) is 4. The van der Waals surface area contributed by atoms with Crippen LogP contribution in [0.5, 0.6) is 11.5 Å². The van der Waals surface area contributed by atoms with Crippen molar-refractivity contribution in [2.45, 2.75) is 38.1 Å². The molecule has 1 aliphatic rings. The van der Waals surface area contributed by atoms with E-state index in [1.54, 1.807) is 25.4 Å². The summed E-state index contributed by atoms with van der Waals surface area (Å²) < 4.78 is 12.1. The van der Waals surface area contributed by atoms with Gasteiger partial charge < -0.3 is 24.8 Å². The molecule has 2 aromatic heterocycles. The zero-order chi connectivity index (χ0) is 26.7. The van der Waals surface area contributed by atoms with E-state index in [9.17, 15) is 9.90 Å². The van der Waals surface area contributed by atoms with Crippen LogP contribution in [-0.4, -0.2) is 56.2 Å². The van der Waals surface area contributed by atoms with Crippen LogP contribution in [0.2, 0.25) is 5.02 Å². The van der Waals surface area contributed by atoms with Crippen molar-refractivity contribution in [2.24, 2.45) is 0 Å². The Bertz CT molecular complexity index is 1440. The van der Waals surface area contributed by atoms with E-state index in [1.165, 1.54) is 11.2 Å². The summed E-state index contributed by atoms with van der Waals surface area (Å²) in [5, 5.41) is 14.6. The molecule has 2 N–H and O–H groups in total. The molecule has 1 atom stereocenters. The highest BCUT2D eigenvalue weighted by molar-refractivity contribution is 6.32. The van der Waals surface area contributed by atoms with Gasteiger partial charge in [-0.1, -0.05) is 23.7 Å². The van der Waals surface area contributed by atoms with Gasteiger partial charge in [0.25, 0.3) is 5.91 Å². The molecule has 38 heavy (non-hydrogen) atoms. The molecular weight excluding hydrogens is 506 g/mol. The first-order valence-electron chi connectivity index (χ1n) is 12.3. The predicted octanol–water partition coefficient (Wildman–Crippen LogP) is 4.75. The summed E-state index contributed by atoms with van der Waals surface area (Å²) in [5.74, 6) is 1.39. The normalized spacial score (nSPS) is 14.5. The Hall–Kier alpha value is -3.95. The van der Waals surface area contributed by atoms with E-state index in [1.807, 2.05) is 49.4 Å². The summed E-state index contributed by atoms with van der Waals surface area (Å²) in [7, 11) is 1.67. The third kappa shape index (κ3) is 5.79. The number of halogens is 1. The summed E-state index contributed by atoms with van der Waals surface area (Å²) in [6.45, 7) is 2.51. The number of hydrogen-bond donors (Lipinski definition) is 2. The number of nitrogens with one attached hydrogen (secondary N) is 1. The van der Waals surface area contributed by atoms with Gasteiger partial charge >= 0.3 is 0 Å². The molecule has 0 spiro atoms. The zero-order valence-electron chi connectivity index (χ0n) is 21.1. The molecule has 5 rings (SSSR count). The molecule has 1 fully saturated rings. The van der Waals surface area contributed by atoms with Crippen molar-refractivity contribution in [1.82, 2.24) is 19.9 Å². The van der Waals surface area contributed by atoms with Crippen molar-refractivity contribution < 1.29 is 19.4 Å². The fourth-order valence-corrected chi connectivity index (χ4v) is 4.38.